The summed E-state index contributed by atoms with van der Waals surface area (Å²) in [4.78, 5) is 14.7. The van der Waals surface area contributed by atoms with Crippen LogP contribution < -0.4 is 4.72 Å². The highest BCUT2D eigenvalue weighted by Crippen LogP contribution is 2.25. The van der Waals surface area contributed by atoms with Gasteiger partial charge in [-0.2, -0.15) is 0 Å². The molecule has 3 aromatic rings. The van der Waals surface area contributed by atoms with Crippen molar-refractivity contribution >= 4 is 15.9 Å². The zero-order valence-corrected chi connectivity index (χ0v) is 18.4. The van der Waals surface area contributed by atoms with E-state index >= 15 is 0 Å². The molecule has 0 saturated heterocycles. The summed E-state index contributed by atoms with van der Waals surface area (Å²) in [6, 6.07) is 24.0. The summed E-state index contributed by atoms with van der Waals surface area (Å²) in [7, 11) is -0.507. The number of methoxy groups -OCH3 is 1. The first kappa shape index (κ1) is 22.7. The van der Waals surface area contributed by atoms with Gasteiger partial charge in [0.15, 0.2) is 0 Å². The Morgan fingerprint density at radius 3 is 2.42 bits per heavy atom. The average molecular weight is 439 g/mol. The fraction of sp³-hybridized carbons (Fsp3) is 0.208. The molecule has 0 radical (unpaired) electrons. The van der Waals surface area contributed by atoms with E-state index < -0.39 is 10.0 Å². The largest absolute Gasteiger partial charge is 0.383 e. The number of sulfonamides is 1. The molecule has 0 aliphatic carbocycles. The van der Waals surface area contributed by atoms with Crippen LogP contribution in [0, 0.1) is 0 Å². The number of hydrogen-bond acceptors (Lipinski definition) is 4. The van der Waals surface area contributed by atoms with Crippen LogP contribution in [0.5, 0.6) is 0 Å². The van der Waals surface area contributed by atoms with Gasteiger partial charge in [-0.1, -0.05) is 60.7 Å². The first-order valence-corrected chi connectivity index (χ1v) is 11.4. The quantitative estimate of drug-likeness (QED) is 0.519. The highest BCUT2D eigenvalue weighted by atomic mass is 32.2. The van der Waals surface area contributed by atoms with Crippen molar-refractivity contribution in [3.8, 4) is 11.1 Å². The molecule has 0 unspecified atom stereocenters. The Balaban J connectivity index is 1.79. The van der Waals surface area contributed by atoms with E-state index in [0.717, 1.165) is 16.7 Å². The molecule has 3 aromatic carbocycles. The Kier molecular flexibility index (Phi) is 7.57. The van der Waals surface area contributed by atoms with Crippen molar-refractivity contribution in [1.82, 2.24) is 9.62 Å². The van der Waals surface area contributed by atoms with Gasteiger partial charge in [-0.3, -0.25) is 4.79 Å². The molecule has 0 bridgehead atoms. The summed E-state index contributed by atoms with van der Waals surface area (Å²) in [5, 5.41) is 0. The molecule has 0 aliphatic rings. The molecule has 3 rings (SSSR count). The Hall–Kier alpha value is -3.00. The van der Waals surface area contributed by atoms with Gasteiger partial charge < -0.3 is 9.64 Å². The number of hydrogen-bond donors (Lipinski definition) is 1. The lowest BCUT2D eigenvalue weighted by Crippen LogP contribution is -2.29. The van der Waals surface area contributed by atoms with Crippen molar-refractivity contribution in [3.05, 3.63) is 90.0 Å². The lowest BCUT2D eigenvalue weighted by molar-refractivity contribution is 0.0785. The Morgan fingerprint density at radius 1 is 0.968 bits per heavy atom. The molecule has 0 spiro atoms. The van der Waals surface area contributed by atoms with E-state index in [1.807, 2.05) is 54.6 Å². The molecular weight excluding hydrogens is 412 g/mol. The predicted molar refractivity (Wildman–Crippen MR) is 121 cm³/mol. The minimum Gasteiger partial charge on any atom is -0.383 e. The second-order valence-corrected chi connectivity index (χ2v) is 8.87. The molecule has 31 heavy (non-hydrogen) atoms. The summed E-state index contributed by atoms with van der Waals surface area (Å²) in [5.74, 6) is -0.253. The van der Waals surface area contributed by atoms with E-state index in [1.165, 1.54) is 19.2 Å². The summed E-state index contributed by atoms with van der Waals surface area (Å²) >= 11 is 0. The summed E-state index contributed by atoms with van der Waals surface area (Å²) < 4.78 is 32.2. The van der Waals surface area contributed by atoms with Crippen LogP contribution in [-0.2, 0) is 21.3 Å². The maximum atomic E-state index is 13.0. The van der Waals surface area contributed by atoms with Crippen LogP contribution in [0.15, 0.2) is 83.8 Å². The average Bonchev–Trinajstić information content (AvgIpc) is 2.79. The second kappa shape index (κ2) is 10.3. The minimum atomic E-state index is -3.72. The molecule has 0 atom stereocenters. The van der Waals surface area contributed by atoms with Crippen LogP contribution in [0.25, 0.3) is 11.1 Å². The van der Waals surface area contributed by atoms with Crippen LogP contribution in [0.3, 0.4) is 0 Å². The monoisotopic (exact) mass is 438 g/mol. The zero-order valence-electron chi connectivity index (χ0n) is 17.6. The van der Waals surface area contributed by atoms with Crippen LogP contribution in [0.1, 0.15) is 15.9 Å². The van der Waals surface area contributed by atoms with E-state index in [9.17, 15) is 13.2 Å². The van der Waals surface area contributed by atoms with Crippen LogP contribution in [0.2, 0.25) is 0 Å². The maximum Gasteiger partial charge on any atom is 0.253 e. The molecule has 0 fully saturated rings. The van der Waals surface area contributed by atoms with Gasteiger partial charge in [-0.05, 0) is 34.9 Å². The number of rotatable bonds is 9. The SMILES string of the molecule is COCCNS(=O)(=O)c1cccc(C(=O)N(C)Cc2ccccc2-c2ccccc2)c1. The number of nitrogens with zero attached hydrogens (tertiary/aromatic N) is 1. The minimum absolute atomic E-state index is 0.0486. The molecule has 162 valence electrons. The van der Waals surface area contributed by atoms with Crippen molar-refractivity contribution in [2.24, 2.45) is 0 Å². The van der Waals surface area contributed by atoms with E-state index in [0.29, 0.717) is 12.1 Å². The number of amides is 1. The first-order chi connectivity index (χ1) is 14.9. The molecule has 0 heterocycles. The van der Waals surface area contributed by atoms with E-state index in [4.69, 9.17) is 4.74 Å². The summed E-state index contributed by atoms with van der Waals surface area (Å²) in [6.45, 7) is 0.821. The maximum absolute atomic E-state index is 13.0. The van der Waals surface area contributed by atoms with Gasteiger partial charge in [-0.25, -0.2) is 13.1 Å². The van der Waals surface area contributed by atoms with Crippen molar-refractivity contribution in [1.29, 1.82) is 0 Å². The lowest BCUT2D eigenvalue weighted by Gasteiger charge is -2.20. The highest BCUT2D eigenvalue weighted by Gasteiger charge is 2.18. The Labute approximate surface area is 183 Å². The third kappa shape index (κ3) is 5.79. The van der Waals surface area contributed by atoms with Gasteiger partial charge in [0.25, 0.3) is 5.91 Å². The third-order valence-electron chi connectivity index (χ3n) is 4.85. The first-order valence-electron chi connectivity index (χ1n) is 9.90. The van der Waals surface area contributed by atoms with Crippen LogP contribution in [0.4, 0.5) is 0 Å². The standard InChI is InChI=1S/C24H26N2O4S/c1-26(18-21-11-6-7-14-23(21)19-9-4-3-5-10-19)24(27)20-12-8-13-22(17-20)31(28,29)25-15-16-30-2/h3-14,17,25H,15-16,18H2,1-2H3. The molecule has 7 heteroatoms. The topological polar surface area (TPSA) is 75.7 Å². The lowest BCUT2D eigenvalue weighted by atomic mass is 9.99. The zero-order chi connectivity index (χ0) is 22.3. The number of ether oxygens (including phenoxy) is 1. The van der Waals surface area contributed by atoms with Gasteiger partial charge in [0.2, 0.25) is 10.0 Å². The van der Waals surface area contributed by atoms with Crippen LogP contribution >= 0.6 is 0 Å². The number of nitrogens with one attached hydrogen (secondary N) is 1. The van der Waals surface area contributed by atoms with Gasteiger partial charge in [-0.15, -0.1) is 0 Å². The van der Waals surface area contributed by atoms with Gasteiger partial charge in [0.1, 0.15) is 0 Å². The molecular formula is C24H26N2O4S. The molecule has 0 saturated carbocycles. The van der Waals surface area contributed by atoms with Crippen molar-refractivity contribution in [2.75, 3.05) is 27.3 Å². The molecule has 6 nitrogen and oxygen atoms in total. The smallest absolute Gasteiger partial charge is 0.253 e. The van der Waals surface area contributed by atoms with E-state index in [-0.39, 0.29) is 24.0 Å². The van der Waals surface area contributed by atoms with Crippen LogP contribution in [-0.4, -0.2) is 46.5 Å². The Bertz CT molecular complexity index is 1130. The third-order valence-corrected chi connectivity index (χ3v) is 6.30. The highest BCUT2D eigenvalue weighted by molar-refractivity contribution is 7.89. The second-order valence-electron chi connectivity index (χ2n) is 7.10. The van der Waals surface area contributed by atoms with Gasteiger partial charge >= 0.3 is 0 Å². The normalized spacial score (nSPS) is 11.3. The fourth-order valence-corrected chi connectivity index (χ4v) is 4.32. The molecule has 1 amide bonds. The molecule has 1 N–H and O–H groups in total. The predicted octanol–water partition coefficient (Wildman–Crippen LogP) is 3.55. The van der Waals surface area contributed by atoms with Crippen molar-refractivity contribution in [3.63, 3.8) is 0 Å². The van der Waals surface area contributed by atoms with E-state index in [1.54, 1.807) is 24.1 Å². The number of carbonyl (C=O) groups is 1. The number of benzene rings is 3. The van der Waals surface area contributed by atoms with Gasteiger partial charge in [0.05, 0.1) is 11.5 Å². The molecule has 0 aliphatic heterocycles. The van der Waals surface area contributed by atoms with E-state index in [2.05, 4.69) is 4.72 Å². The van der Waals surface area contributed by atoms with Gasteiger partial charge in [0, 0.05) is 32.8 Å². The Morgan fingerprint density at radius 2 is 1.68 bits per heavy atom. The fourth-order valence-electron chi connectivity index (χ4n) is 3.26. The van der Waals surface area contributed by atoms with Crippen molar-refractivity contribution in [2.45, 2.75) is 11.4 Å². The number of carbonyl (C=O) groups excluding carboxylic acids is 1. The summed E-state index contributed by atoms with van der Waals surface area (Å²) in [6.07, 6.45) is 0. The summed E-state index contributed by atoms with van der Waals surface area (Å²) in [5.41, 5.74) is 3.46. The van der Waals surface area contributed by atoms with Crippen molar-refractivity contribution < 1.29 is 17.9 Å². The molecule has 0 aromatic heterocycles.